The van der Waals surface area contributed by atoms with E-state index in [2.05, 4.69) is 5.32 Å². The molecule has 1 amide bonds. The van der Waals surface area contributed by atoms with Crippen molar-refractivity contribution in [3.8, 4) is 0 Å². The van der Waals surface area contributed by atoms with Gasteiger partial charge in [-0.25, -0.2) is 0 Å². The van der Waals surface area contributed by atoms with Gasteiger partial charge in [-0.1, -0.05) is 30.3 Å². The fourth-order valence-corrected chi connectivity index (χ4v) is 1.26. The van der Waals surface area contributed by atoms with Crippen molar-refractivity contribution in [1.82, 2.24) is 10.6 Å². The minimum Gasteiger partial charge on any atom is -0.384 e. The molecule has 0 saturated carbocycles. The topological polar surface area (TPSA) is 41.1 Å². The molecule has 0 spiro atoms. The van der Waals surface area contributed by atoms with E-state index in [1.807, 2.05) is 11.4 Å². The number of hydrogen-bond donors (Lipinski definition) is 2. The lowest BCUT2D eigenvalue weighted by Crippen LogP contribution is -2.28. The highest BCUT2D eigenvalue weighted by Crippen LogP contribution is 2.22. The zero-order valence-corrected chi connectivity index (χ0v) is 9.71. The maximum absolute atomic E-state index is 12.3. The van der Waals surface area contributed by atoms with Crippen LogP contribution < -0.4 is 10.6 Å². The average Bonchev–Trinajstić information content (AvgIpc) is 2.33. The molecular formula is C12H13F3N2O. The van der Waals surface area contributed by atoms with E-state index >= 15 is 0 Å². The molecule has 0 fully saturated rings. The third-order valence-electron chi connectivity index (χ3n) is 2.16. The van der Waals surface area contributed by atoms with Gasteiger partial charge in [0.05, 0.1) is 0 Å². The van der Waals surface area contributed by atoms with Gasteiger partial charge in [-0.2, -0.15) is 13.2 Å². The number of halogens is 3. The SMILES string of the molecule is CN/C(=C\C(=O)NCc1ccccc1)C(F)(F)F. The normalized spacial score (nSPS) is 12.1. The molecule has 98 valence electrons. The van der Waals surface area contributed by atoms with Crippen LogP contribution in [0.5, 0.6) is 0 Å². The molecule has 0 atom stereocenters. The molecule has 0 aliphatic heterocycles. The van der Waals surface area contributed by atoms with Crippen molar-refractivity contribution in [2.45, 2.75) is 12.7 Å². The first-order chi connectivity index (χ1) is 8.43. The molecule has 1 aromatic rings. The highest BCUT2D eigenvalue weighted by Gasteiger charge is 2.33. The molecule has 3 nitrogen and oxygen atoms in total. The minimum absolute atomic E-state index is 0.186. The number of carbonyl (C=O) groups excluding carboxylic acids is 1. The van der Waals surface area contributed by atoms with Gasteiger partial charge >= 0.3 is 6.18 Å². The number of amides is 1. The van der Waals surface area contributed by atoms with Gasteiger partial charge in [-0.05, 0) is 5.56 Å². The largest absolute Gasteiger partial charge is 0.431 e. The fourth-order valence-electron chi connectivity index (χ4n) is 1.26. The maximum atomic E-state index is 12.3. The van der Waals surface area contributed by atoms with Gasteiger partial charge in [0.2, 0.25) is 5.91 Å². The van der Waals surface area contributed by atoms with Crippen LogP contribution in [-0.2, 0) is 11.3 Å². The number of hydrogen-bond acceptors (Lipinski definition) is 2. The number of alkyl halides is 3. The zero-order valence-electron chi connectivity index (χ0n) is 9.71. The van der Waals surface area contributed by atoms with Gasteiger partial charge in [0.1, 0.15) is 5.70 Å². The lowest BCUT2D eigenvalue weighted by molar-refractivity contribution is -0.118. The first kappa shape index (κ1) is 14.1. The monoisotopic (exact) mass is 258 g/mol. The highest BCUT2D eigenvalue weighted by molar-refractivity contribution is 5.88. The van der Waals surface area contributed by atoms with Crippen molar-refractivity contribution >= 4 is 5.91 Å². The van der Waals surface area contributed by atoms with Crippen LogP contribution in [0.2, 0.25) is 0 Å². The zero-order chi connectivity index (χ0) is 13.6. The molecule has 0 heterocycles. The second-order valence-electron chi connectivity index (χ2n) is 3.51. The number of nitrogens with one attached hydrogen (secondary N) is 2. The van der Waals surface area contributed by atoms with Crippen LogP contribution in [-0.4, -0.2) is 19.1 Å². The van der Waals surface area contributed by atoms with E-state index in [0.717, 1.165) is 12.6 Å². The summed E-state index contributed by atoms with van der Waals surface area (Å²) >= 11 is 0. The third-order valence-corrected chi connectivity index (χ3v) is 2.16. The van der Waals surface area contributed by atoms with Crippen molar-refractivity contribution in [3.05, 3.63) is 47.7 Å². The Hall–Kier alpha value is -1.98. The van der Waals surface area contributed by atoms with E-state index in [-0.39, 0.29) is 6.54 Å². The summed E-state index contributed by atoms with van der Waals surface area (Å²) in [5, 5.41) is 4.33. The van der Waals surface area contributed by atoms with E-state index in [1.165, 1.54) is 0 Å². The molecule has 0 aliphatic carbocycles. The summed E-state index contributed by atoms with van der Waals surface area (Å²) in [6.45, 7) is 0.186. The van der Waals surface area contributed by atoms with Gasteiger partial charge in [-0.15, -0.1) is 0 Å². The Balaban J connectivity index is 2.59. The van der Waals surface area contributed by atoms with Crippen molar-refractivity contribution in [3.63, 3.8) is 0 Å². The molecule has 18 heavy (non-hydrogen) atoms. The van der Waals surface area contributed by atoms with Gasteiger partial charge in [0, 0.05) is 19.7 Å². The summed E-state index contributed by atoms with van der Waals surface area (Å²) < 4.78 is 37.0. The standard InChI is InChI=1S/C12H13F3N2O/c1-16-10(12(13,14)15)7-11(18)17-8-9-5-3-2-4-6-9/h2-7,16H,8H2,1H3,(H,17,18)/b10-7-. The Labute approximate surface area is 103 Å². The number of carbonyl (C=O) groups is 1. The van der Waals surface area contributed by atoms with Crippen LogP contribution in [0.25, 0.3) is 0 Å². The van der Waals surface area contributed by atoms with Crippen LogP contribution in [0, 0.1) is 0 Å². The van der Waals surface area contributed by atoms with Gasteiger partial charge in [-0.3, -0.25) is 4.79 Å². The first-order valence-electron chi connectivity index (χ1n) is 5.22. The molecule has 6 heteroatoms. The highest BCUT2D eigenvalue weighted by atomic mass is 19.4. The Kier molecular flexibility index (Phi) is 4.76. The van der Waals surface area contributed by atoms with E-state index < -0.39 is 17.8 Å². The van der Waals surface area contributed by atoms with Crippen molar-refractivity contribution in [2.24, 2.45) is 0 Å². The maximum Gasteiger partial charge on any atom is 0.431 e. The van der Waals surface area contributed by atoms with E-state index in [0.29, 0.717) is 6.08 Å². The molecule has 0 radical (unpaired) electrons. The first-order valence-corrected chi connectivity index (χ1v) is 5.22. The van der Waals surface area contributed by atoms with E-state index in [9.17, 15) is 18.0 Å². The van der Waals surface area contributed by atoms with Crippen molar-refractivity contribution < 1.29 is 18.0 Å². The lowest BCUT2D eigenvalue weighted by atomic mass is 10.2. The Bertz CT molecular complexity index is 427. The van der Waals surface area contributed by atoms with Crippen molar-refractivity contribution in [1.29, 1.82) is 0 Å². The predicted molar refractivity (Wildman–Crippen MR) is 61.5 cm³/mol. The Morgan fingerprint density at radius 1 is 1.28 bits per heavy atom. The molecular weight excluding hydrogens is 245 g/mol. The van der Waals surface area contributed by atoms with Crippen LogP contribution in [0.3, 0.4) is 0 Å². The second kappa shape index (κ2) is 6.09. The van der Waals surface area contributed by atoms with Gasteiger partial charge in [0.15, 0.2) is 0 Å². The number of rotatable bonds is 4. The molecule has 0 unspecified atom stereocenters. The quantitative estimate of drug-likeness (QED) is 0.811. The molecule has 1 rings (SSSR count). The summed E-state index contributed by atoms with van der Waals surface area (Å²) in [5.41, 5.74) is -0.259. The minimum atomic E-state index is -4.56. The van der Waals surface area contributed by atoms with Gasteiger partial charge in [0.25, 0.3) is 0 Å². The number of benzene rings is 1. The lowest BCUT2D eigenvalue weighted by Gasteiger charge is -2.10. The summed E-state index contributed by atoms with van der Waals surface area (Å²) in [6, 6.07) is 8.92. The fraction of sp³-hybridized carbons (Fsp3) is 0.250. The van der Waals surface area contributed by atoms with Crippen LogP contribution in [0.15, 0.2) is 42.1 Å². The molecule has 0 aromatic heterocycles. The average molecular weight is 258 g/mol. The predicted octanol–water partition coefficient (Wildman–Crippen LogP) is 1.97. The third kappa shape index (κ3) is 4.48. The van der Waals surface area contributed by atoms with E-state index in [1.54, 1.807) is 24.3 Å². The van der Waals surface area contributed by atoms with Crippen LogP contribution >= 0.6 is 0 Å². The van der Waals surface area contributed by atoms with Gasteiger partial charge < -0.3 is 10.6 Å². The van der Waals surface area contributed by atoms with Crippen molar-refractivity contribution in [2.75, 3.05) is 7.05 Å². The molecule has 2 N–H and O–H groups in total. The van der Waals surface area contributed by atoms with Crippen LogP contribution in [0.4, 0.5) is 13.2 Å². The second-order valence-corrected chi connectivity index (χ2v) is 3.51. The molecule has 1 aromatic carbocycles. The summed E-state index contributed by atoms with van der Waals surface area (Å²) in [5.74, 6) is -0.791. The molecule has 0 aliphatic rings. The molecule has 0 bridgehead atoms. The Morgan fingerprint density at radius 2 is 1.89 bits per heavy atom. The summed E-state index contributed by atoms with van der Waals surface area (Å²) in [6.07, 6.45) is -4.05. The smallest absolute Gasteiger partial charge is 0.384 e. The van der Waals surface area contributed by atoms with Crippen LogP contribution in [0.1, 0.15) is 5.56 Å². The van der Waals surface area contributed by atoms with E-state index in [4.69, 9.17) is 0 Å². The Morgan fingerprint density at radius 3 is 2.39 bits per heavy atom. The number of allylic oxidation sites excluding steroid dienone is 1. The summed E-state index contributed by atoms with van der Waals surface area (Å²) in [7, 11) is 1.11. The summed E-state index contributed by atoms with van der Waals surface area (Å²) in [4.78, 5) is 11.3. The molecule has 0 saturated heterocycles.